The van der Waals surface area contributed by atoms with Crippen LogP contribution in [0.5, 0.6) is 0 Å². The van der Waals surface area contributed by atoms with E-state index in [1.165, 1.54) is 22.3 Å². The molecule has 0 atom stereocenters. The maximum absolute atomic E-state index is 11.7. The molecule has 168 valence electrons. The van der Waals surface area contributed by atoms with Gasteiger partial charge in [0.1, 0.15) is 11.6 Å². The minimum absolute atomic E-state index is 0.179. The molecule has 1 aliphatic rings. The Labute approximate surface area is 194 Å². The molecule has 0 saturated carbocycles. The number of sulfone groups is 1. The number of pyridine rings is 2. The van der Waals surface area contributed by atoms with Crippen LogP contribution in [-0.4, -0.2) is 43.0 Å². The van der Waals surface area contributed by atoms with Gasteiger partial charge in [-0.3, -0.25) is 0 Å². The van der Waals surface area contributed by atoms with Crippen molar-refractivity contribution in [3.63, 3.8) is 0 Å². The molecule has 33 heavy (non-hydrogen) atoms. The Morgan fingerprint density at radius 3 is 2.48 bits per heavy atom. The summed E-state index contributed by atoms with van der Waals surface area (Å²) in [5.74, 6) is 1.95. The Morgan fingerprint density at radius 2 is 1.73 bits per heavy atom. The summed E-state index contributed by atoms with van der Waals surface area (Å²) >= 11 is 0. The van der Waals surface area contributed by atoms with Crippen molar-refractivity contribution >= 4 is 32.2 Å². The number of aryl methyl sites for hydroxylation is 1. The summed E-state index contributed by atoms with van der Waals surface area (Å²) in [6, 6.07) is 21.0. The van der Waals surface area contributed by atoms with E-state index in [-0.39, 0.29) is 11.5 Å². The van der Waals surface area contributed by atoms with Gasteiger partial charge in [0, 0.05) is 37.4 Å². The fourth-order valence-corrected chi connectivity index (χ4v) is 5.34. The van der Waals surface area contributed by atoms with Crippen LogP contribution < -0.4 is 10.2 Å². The van der Waals surface area contributed by atoms with Gasteiger partial charge in [0.05, 0.1) is 11.5 Å². The third-order valence-electron chi connectivity index (χ3n) is 6.07. The van der Waals surface area contributed by atoms with E-state index in [1.807, 2.05) is 23.2 Å². The predicted molar refractivity (Wildman–Crippen MR) is 134 cm³/mol. The van der Waals surface area contributed by atoms with Gasteiger partial charge in [0.25, 0.3) is 0 Å². The minimum Gasteiger partial charge on any atom is -0.365 e. The summed E-state index contributed by atoms with van der Waals surface area (Å²) < 4.78 is 23.4. The fraction of sp³-hybridized carbons (Fsp3) is 0.231. The van der Waals surface area contributed by atoms with Crippen molar-refractivity contribution < 1.29 is 8.42 Å². The topological polar surface area (TPSA) is 75.2 Å². The fourth-order valence-electron chi connectivity index (χ4n) is 4.14. The molecular weight excluding hydrogens is 432 g/mol. The normalized spacial score (nSPS) is 15.5. The summed E-state index contributed by atoms with van der Waals surface area (Å²) in [4.78, 5) is 11.1. The van der Waals surface area contributed by atoms with E-state index in [9.17, 15) is 8.42 Å². The quantitative estimate of drug-likeness (QED) is 0.476. The van der Waals surface area contributed by atoms with Crippen molar-refractivity contribution in [1.29, 1.82) is 0 Å². The SMILES string of the molecule is Cc1cccc(-c2ccc(CNc3nccc4cc(N5CCS(=O)(=O)CC5)ncc34)cc2)c1. The second kappa shape index (κ2) is 8.83. The predicted octanol–water partition coefficient (Wildman–Crippen LogP) is 4.45. The Hall–Kier alpha value is -3.45. The highest BCUT2D eigenvalue weighted by atomic mass is 32.2. The lowest BCUT2D eigenvalue weighted by molar-refractivity contribution is 0.586. The van der Waals surface area contributed by atoms with Gasteiger partial charge in [-0.2, -0.15) is 0 Å². The first-order chi connectivity index (χ1) is 16.0. The second-order valence-electron chi connectivity index (χ2n) is 8.48. The van der Waals surface area contributed by atoms with E-state index >= 15 is 0 Å². The first-order valence-corrected chi connectivity index (χ1v) is 12.9. The number of rotatable bonds is 5. The van der Waals surface area contributed by atoms with Crippen LogP contribution in [0.15, 0.2) is 73.1 Å². The summed E-state index contributed by atoms with van der Waals surface area (Å²) in [6.07, 6.45) is 3.61. The van der Waals surface area contributed by atoms with Crippen molar-refractivity contribution in [2.75, 3.05) is 34.8 Å². The molecule has 1 fully saturated rings. The van der Waals surface area contributed by atoms with Gasteiger partial charge in [-0.1, -0.05) is 54.1 Å². The number of hydrogen-bond donors (Lipinski definition) is 1. The van der Waals surface area contributed by atoms with E-state index in [2.05, 4.69) is 70.7 Å². The molecule has 0 amide bonds. The minimum atomic E-state index is -2.92. The highest BCUT2D eigenvalue weighted by molar-refractivity contribution is 7.91. The van der Waals surface area contributed by atoms with Gasteiger partial charge < -0.3 is 10.2 Å². The standard InChI is InChI=1S/C26H26N4O2S/c1-19-3-2-4-22(15-19)21-7-5-20(6-8-21)17-29-26-24-18-28-25(16-23(24)9-10-27-26)30-11-13-33(31,32)14-12-30/h2-10,15-16,18H,11-14,17H2,1H3,(H,27,29). The van der Waals surface area contributed by atoms with Crippen LogP contribution in [0.25, 0.3) is 21.9 Å². The average Bonchev–Trinajstić information content (AvgIpc) is 2.83. The molecule has 3 heterocycles. The average molecular weight is 459 g/mol. The molecule has 2 aromatic heterocycles. The summed E-state index contributed by atoms with van der Waals surface area (Å²) in [7, 11) is -2.92. The Balaban J connectivity index is 1.30. The third-order valence-corrected chi connectivity index (χ3v) is 7.68. The van der Waals surface area contributed by atoms with Gasteiger partial charge in [0.2, 0.25) is 0 Å². The number of hydrogen-bond acceptors (Lipinski definition) is 6. The zero-order valence-electron chi connectivity index (χ0n) is 18.5. The molecule has 0 radical (unpaired) electrons. The Bertz CT molecular complexity index is 1390. The van der Waals surface area contributed by atoms with Crippen LogP contribution in [0.1, 0.15) is 11.1 Å². The maximum atomic E-state index is 11.7. The number of nitrogens with one attached hydrogen (secondary N) is 1. The molecule has 0 spiro atoms. The smallest absolute Gasteiger partial charge is 0.153 e. The van der Waals surface area contributed by atoms with Crippen LogP contribution in [0, 0.1) is 6.92 Å². The molecule has 5 rings (SSSR count). The van der Waals surface area contributed by atoms with Gasteiger partial charge in [-0.15, -0.1) is 0 Å². The van der Waals surface area contributed by atoms with Gasteiger partial charge in [-0.05, 0) is 41.1 Å². The third kappa shape index (κ3) is 4.83. The number of aromatic nitrogens is 2. The van der Waals surface area contributed by atoms with Gasteiger partial charge >= 0.3 is 0 Å². The van der Waals surface area contributed by atoms with Crippen LogP contribution in [0.2, 0.25) is 0 Å². The number of fused-ring (bicyclic) bond motifs is 1. The molecule has 7 heteroatoms. The van der Waals surface area contributed by atoms with E-state index in [0.29, 0.717) is 19.6 Å². The molecule has 1 aliphatic heterocycles. The van der Waals surface area contributed by atoms with Crippen molar-refractivity contribution in [3.05, 3.63) is 84.2 Å². The molecule has 6 nitrogen and oxygen atoms in total. The molecule has 1 saturated heterocycles. The van der Waals surface area contributed by atoms with Gasteiger partial charge in [0.15, 0.2) is 9.84 Å². The number of benzene rings is 2. The molecular formula is C26H26N4O2S. The zero-order chi connectivity index (χ0) is 22.8. The molecule has 0 unspecified atom stereocenters. The summed E-state index contributed by atoms with van der Waals surface area (Å²) in [5, 5.41) is 5.41. The Kier molecular flexibility index (Phi) is 5.72. The molecule has 4 aromatic rings. The lowest BCUT2D eigenvalue weighted by Crippen LogP contribution is -2.40. The van der Waals surface area contributed by atoms with Crippen molar-refractivity contribution in [2.45, 2.75) is 13.5 Å². The highest BCUT2D eigenvalue weighted by Gasteiger charge is 2.22. The lowest BCUT2D eigenvalue weighted by Gasteiger charge is -2.27. The maximum Gasteiger partial charge on any atom is 0.153 e. The zero-order valence-corrected chi connectivity index (χ0v) is 19.3. The highest BCUT2D eigenvalue weighted by Crippen LogP contribution is 2.26. The summed E-state index contributed by atoms with van der Waals surface area (Å²) in [5.41, 5.74) is 4.85. The molecule has 0 aliphatic carbocycles. The monoisotopic (exact) mass is 458 g/mol. The van der Waals surface area contributed by atoms with E-state index in [1.54, 1.807) is 6.20 Å². The van der Waals surface area contributed by atoms with Crippen LogP contribution in [-0.2, 0) is 16.4 Å². The largest absolute Gasteiger partial charge is 0.365 e. The first kappa shape index (κ1) is 21.4. The van der Waals surface area contributed by atoms with E-state index < -0.39 is 9.84 Å². The number of nitrogens with zero attached hydrogens (tertiary/aromatic N) is 3. The first-order valence-electron chi connectivity index (χ1n) is 11.1. The van der Waals surface area contributed by atoms with E-state index in [4.69, 9.17) is 0 Å². The molecule has 0 bridgehead atoms. The van der Waals surface area contributed by atoms with Crippen molar-refractivity contribution in [3.8, 4) is 11.1 Å². The second-order valence-corrected chi connectivity index (χ2v) is 10.8. The van der Waals surface area contributed by atoms with Crippen LogP contribution >= 0.6 is 0 Å². The van der Waals surface area contributed by atoms with Crippen LogP contribution in [0.3, 0.4) is 0 Å². The molecule has 1 N–H and O–H groups in total. The van der Waals surface area contributed by atoms with E-state index in [0.717, 1.165) is 22.4 Å². The molecule has 2 aromatic carbocycles. The van der Waals surface area contributed by atoms with Crippen molar-refractivity contribution in [1.82, 2.24) is 9.97 Å². The Morgan fingerprint density at radius 1 is 0.939 bits per heavy atom. The van der Waals surface area contributed by atoms with Crippen LogP contribution in [0.4, 0.5) is 11.6 Å². The van der Waals surface area contributed by atoms with Crippen molar-refractivity contribution in [2.24, 2.45) is 0 Å². The van der Waals surface area contributed by atoms with Gasteiger partial charge in [-0.25, -0.2) is 18.4 Å². The number of anilines is 2. The summed E-state index contributed by atoms with van der Waals surface area (Å²) in [6.45, 7) is 3.73. The lowest BCUT2D eigenvalue weighted by atomic mass is 10.0.